The molecule has 8 heteroatoms. The number of aromatic amines is 1. The van der Waals surface area contributed by atoms with Gasteiger partial charge < -0.3 is 5.73 Å². The third-order valence-electron chi connectivity index (χ3n) is 3.29. The number of nitrogens with one attached hydrogen (secondary N) is 2. The quantitative estimate of drug-likeness (QED) is 0.754. The first-order valence-corrected chi connectivity index (χ1v) is 9.02. The molecule has 0 bridgehead atoms. The van der Waals surface area contributed by atoms with E-state index in [2.05, 4.69) is 14.9 Å². The summed E-state index contributed by atoms with van der Waals surface area (Å²) in [6.45, 7) is 5.84. The lowest BCUT2D eigenvalue weighted by Crippen LogP contribution is -2.32. The van der Waals surface area contributed by atoms with E-state index in [-0.39, 0.29) is 23.5 Å². The monoisotopic (exact) mass is 328 g/mol. The first-order chi connectivity index (χ1) is 9.86. The van der Waals surface area contributed by atoms with Gasteiger partial charge in [-0.2, -0.15) is 5.10 Å². The normalized spacial score (nSPS) is 13.8. The van der Waals surface area contributed by atoms with Crippen molar-refractivity contribution in [3.05, 3.63) is 33.6 Å². The van der Waals surface area contributed by atoms with Crippen LogP contribution in [0, 0.1) is 12.8 Å². The molecule has 1 atom stereocenters. The van der Waals surface area contributed by atoms with Gasteiger partial charge in [-0.15, -0.1) is 11.3 Å². The van der Waals surface area contributed by atoms with Crippen LogP contribution in [0.15, 0.2) is 22.5 Å². The van der Waals surface area contributed by atoms with E-state index in [9.17, 15) is 8.42 Å². The summed E-state index contributed by atoms with van der Waals surface area (Å²) in [5.74, 6) is 0.125. The fourth-order valence-electron chi connectivity index (χ4n) is 2.11. The average Bonchev–Trinajstić information content (AvgIpc) is 3.04. The first-order valence-electron chi connectivity index (χ1n) is 6.66. The van der Waals surface area contributed by atoms with Crippen LogP contribution in [0.3, 0.4) is 0 Å². The van der Waals surface area contributed by atoms with E-state index in [1.54, 1.807) is 6.92 Å². The molecule has 2 aromatic heterocycles. The van der Waals surface area contributed by atoms with E-state index >= 15 is 0 Å². The van der Waals surface area contributed by atoms with E-state index in [0.717, 1.165) is 4.88 Å². The summed E-state index contributed by atoms with van der Waals surface area (Å²) in [5, 5.41) is 8.51. The number of rotatable bonds is 6. The van der Waals surface area contributed by atoms with Crippen LogP contribution in [-0.4, -0.2) is 18.6 Å². The van der Waals surface area contributed by atoms with Crippen molar-refractivity contribution in [1.29, 1.82) is 0 Å². The Labute approximate surface area is 128 Å². The maximum atomic E-state index is 12.6. The van der Waals surface area contributed by atoms with Gasteiger partial charge in [0.1, 0.15) is 0 Å². The molecule has 0 amide bonds. The fourth-order valence-corrected chi connectivity index (χ4v) is 4.70. The number of H-pyrrole nitrogens is 1. The van der Waals surface area contributed by atoms with Gasteiger partial charge in [-0.3, -0.25) is 5.10 Å². The molecule has 0 aliphatic rings. The van der Waals surface area contributed by atoms with Crippen molar-refractivity contribution in [1.82, 2.24) is 14.9 Å². The summed E-state index contributed by atoms with van der Waals surface area (Å²) in [6.07, 6.45) is 0. The van der Waals surface area contributed by atoms with Gasteiger partial charge in [0.25, 0.3) is 10.0 Å². The van der Waals surface area contributed by atoms with Crippen molar-refractivity contribution in [2.45, 2.75) is 38.4 Å². The van der Waals surface area contributed by atoms with E-state index in [1.165, 1.54) is 11.3 Å². The molecule has 0 aromatic carbocycles. The zero-order valence-corrected chi connectivity index (χ0v) is 13.9. The van der Waals surface area contributed by atoms with Gasteiger partial charge in [-0.05, 0) is 24.3 Å². The summed E-state index contributed by atoms with van der Waals surface area (Å²) in [5.41, 5.74) is 6.83. The second-order valence-corrected chi connectivity index (χ2v) is 7.80. The summed E-state index contributed by atoms with van der Waals surface area (Å²) < 4.78 is 27.9. The van der Waals surface area contributed by atoms with Crippen molar-refractivity contribution >= 4 is 21.4 Å². The highest BCUT2D eigenvalue weighted by atomic mass is 32.2. The lowest BCUT2D eigenvalue weighted by atomic mass is 10.0. The second kappa shape index (κ2) is 6.27. The van der Waals surface area contributed by atoms with Gasteiger partial charge in [0.05, 0.1) is 6.04 Å². The summed E-state index contributed by atoms with van der Waals surface area (Å²) in [6, 6.07) is 3.56. The molecule has 1 unspecified atom stereocenters. The van der Waals surface area contributed by atoms with Crippen molar-refractivity contribution in [2.75, 3.05) is 0 Å². The fraction of sp³-hybridized carbons (Fsp3) is 0.462. The Kier molecular flexibility index (Phi) is 4.82. The Morgan fingerprint density at radius 2 is 2.19 bits per heavy atom. The largest absolute Gasteiger partial charge is 0.326 e. The van der Waals surface area contributed by atoms with Crippen molar-refractivity contribution in [3.8, 4) is 0 Å². The summed E-state index contributed by atoms with van der Waals surface area (Å²) >= 11 is 1.53. The standard InChI is InChI=1S/C13H20N4O2S2/c1-8(2)12(11-5-4-6-20-11)17-21(18,19)13-10(7-14)9(3)15-16-13/h4-6,8,12,17H,7,14H2,1-3H3,(H,15,16). The van der Waals surface area contributed by atoms with Crippen LogP contribution >= 0.6 is 11.3 Å². The van der Waals surface area contributed by atoms with E-state index in [1.807, 2.05) is 31.4 Å². The maximum absolute atomic E-state index is 12.6. The molecular formula is C13H20N4O2S2. The van der Waals surface area contributed by atoms with Gasteiger partial charge >= 0.3 is 0 Å². The Balaban J connectivity index is 2.35. The lowest BCUT2D eigenvalue weighted by molar-refractivity contribution is 0.467. The zero-order valence-electron chi connectivity index (χ0n) is 12.3. The molecule has 0 aliphatic heterocycles. The minimum atomic E-state index is -3.72. The van der Waals surface area contributed by atoms with Gasteiger partial charge in [0.2, 0.25) is 0 Å². The van der Waals surface area contributed by atoms with Crippen LogP contribution in [0.4, 0.5) is 0 Å². The SMILES string of the molecule is Cc1[nH]nc(S(=O)(=O)NC(c2cccs2)C(C)C)c1CN. The third-order valence-corrected chi connectivity index (χ3v) is 5.66. The highest BCUT2D eigenvalue weighted by Gasteiger charge is 2.28. The third kappa shape index (κ3) is 3.34. The number of aromatic nitrogens is 2. The van der Waals surface area contributed by atoms with Crippen LogP contribution in [-0.2, 0) is 16.6 Å². The molecule has 21 heavy (non-hydrogen) atoms. The topological polar surface area (TPSA) is 101 Å². The highest BCUT2D eigenvalue weighted by Crippen LogP contribution is 2.28. The molecule has 0 aliphatic carbocycles. The smallest absolute Gasteiger partial charge is 0.260 e. The Hall–Kier alpha value is -1.22. The number of thiophene rings is 1. The number of nitrogens with zero attached hydrogens (tertiary/aromatic N) is 1. The maximum Gasteiger partial charge on any atom is 0.260 e. The molecule has 0 spiro atoms. The predicted molar refractivity (Wildman–Crippen MR) is 83.4 cm³/mol. The highest BCUT2D eigenvalue weighted by molar-refractivity contribution is 7.89. The molecule has 0 saturated heterocycles. The van der Waals surface area contributed by atoms with Gasteiger partial charge in [-0.1, -0.05) is 19.9 Å². The van der Waals surface area contributed by atoms with E-state index in [4.69, 9.17) is 5.73 Å². The van der Waals surface area contributed by atoms with Gasteiger partial charge in [-0.25, -0.2) is 13.1 Å². The zero-order chi connectivity index (χ0) is 15.6. The minimum absolute atomic E-state index is 0.00953. The van der Waals surface area contributed by atoms with Crippen LogP contribution in [0.25, 0.3) is 0 Å². The Morgan fingerprint density at radius 3 is 2.71 bits per heavy atom. The average molecular weight is 328 g/mol. The lowest BCUT2D eigenvalue weighted by Gasteiger charge is -2.20. The van der Waals surface area contributed by atoms with Crippen molar-refractivity contribution in [2.24, 2.45) is 11.7 Å². The molecular weight excluding hydrogens is 308 g/mol. The Bertz CT molecular complexity index is 690. The molecule has 0 fully saturated rings. The number of nitrogens with two attached hydrogens (primary N) is 1. The second-order valence-electron chi connectivity index (χ2n) is 5.19. The van der Waals surface area contributed by atoms with Crippen molar-refractivity contribution in [3.63, 3.8) is 0 Å². The molecule has 0 radical (unpaired) electrons. The van der Waals surface area contributed by atoms with Crippen LogP contribution in [0.2, 0.25) is 0 Å². The number of aryl methyl sites for hydroxylation is 1. The first kappa shape index (κ1) is 16.2. The molecule has 116 valence electrons. The van der Waals surface area contributed by atoms with Crippen molar-refractivity contribution < 1.29 is 8.42 Å². The number of hydrogen-bond donors (Lipinski definition) is 3. The van der Waals surface area contributed by atoms with Crippen LogP contribution in [0.5, 0.6) is 0 Å². The summed E-state index contributed by atoms with van der Waals surface area (Å²) in [7, 11) is -3.72. The molecule has 6 nitrogen and oxygen atoms in total. The molecule has 2 rings (SSSR count). The number of hydrogen-bond acceptors (Lipinski definition) is 5. The van der Waals surface area contributed by atoms with Gasteiger partial charge in [0.15, 0.2) is 5.03 Å². The van der Waals surface area contributed by atoms with E-state index in [0.29, 0.717) is 11.3 Å². The van der Waals surface area contributed by atoms with Crippen LogP contribution in [0.1, 0.15) is 36.0 Å². The molecule has 4 N–H and O–H groups in total. The van der Waals surface area contributed by atoms with E-state index < -0.39 is 10.0 Å². The van der Waals surface area contributed by atoms with Crippen LogP contribution < -0.4 is 10.5 Å². The molecule has 2 heterocycles. The Morgan fingerprint density at radius 1 is 1.48 bits per heavy atom. The van der Waals surface area contributed by atoms with Gasteiger partial charge in [0, 0.05) is 22.7 Å². The summed E-state index contributed by atoms with van der Waals surface area (Å²) in [4.78, 5) is 0.982. The number of sulfonamides is 1. The predicted octanol–water partition coefficient (Wildman–Crippen LogP) is 1.91. The minimum Gasteiger partial charge on any atom is -0.326 e. The molecule has 0 saturated carbocycles. The molecule has 2 aromatic rings.